The minimum absolute atomic E-state index is 0.0245. The van der Waals surface area contributed by atoms with Crippen molar-refractivity contribution in [2.24, 2.45) is 0 Å². The molecule has 0 fully saturated rings. The number of carbonyl (C=O) groups excluding carboxylic acids is 1. The lowest BCUT2D eigenvalue weighted by atomic mass is 10.2. The van der Waals surface area contributed by atoms with Crippen molar-refractivity contribution < 1.29 is 14.6 Å². The van der Waals surface area contributed by atoms with Gasteiger partial charge in [0, 0.05) is 23.7 Å². The van der Waals surface area contributed by atoms with Crippen LogP contribution in [-0.4, -0.2) is 31.8 Å². The second-order valence-corrected chi connectivity index (χ2v) is 5.51. The van der Waals surface area contributed by atoms with Gasteiger partial charge in [-0.3, -0.25) is 35.9 Å². The summed E-state index contributed by atoms with van der Waals surface area (Å²) < 4.78 is 0. The van der Waals surface area contributed by atoms with Gasteiger partial charge in [-0.25, -0.2) is 9.97 Å². The van der Waals surface area contributed by atoms with Gasteiger partial charge in [0.2, 0.25) is 11.6 Å². The largest absolute Gasteiger partial charge is 0.362 e. The predicted octanol–water partition coefficient (Wildman–Crippen LogP) is 2.26. The lowest BCUT2D eigenvalue weighted by molar-refractivity contribution is -0.384. The van der Waals surface area contributed by atoms with E-state index in [4.69, 9.17) is 0 Å². The maximum Gasteiger partial charge on any atom is 0.354 e. The summed E-state index contributed by atoms with van der Waals surface area (Å²) in [6.07, 6.45) is 1.85. The van der Waals surface area contributed by atoms with E-state index in [0.29, 0.717) is 0 Å². The molecule has 0 bridgehead atoms. The highest BCUT2D eigenvalue weighted by atomic mass is 16.6. The summed E-state index contributed by atoms with van der Waals surface area (Å²) in [4.78, 5) is 40.6. The second kappa shape index (κ2) is 8.51. The average molecular weight is 375 g/mol. The number of carbonyl (C=O) groups is 1. The first kappa shape index (κ1) is 19.5. The Labute approximate surface area is 153 Å². The van der Waals surface area contributed by atoms with Crippen LogP contribution in [0.1, 0.15) is 30.6 Å². The summed E-state index contributed by atoms with van der Waals surface area (Å²) in [5.41, 5.74) is 4.22. The van der Waals surface area contributed by atoms with Crippen molar-refractivity contribution in [3.8, 4) is 0 Å². The van der Waals surface area contributed by atoms with Crippen LogP contribution in [0.3, 0.4) is 0 Å². The Morgan fingerprint density at radius 3 is 2.30 bits per heavy atom. The molecule has 2 rings (SSSR count). The topological polar surface area (TPSA) is 165 Å². The number of hydrogen-bond acceptors (Lipinski definition) is 9. The van der Waals surface area contributed by atoms with Crippen LogP contribution in [0, 0.1) is 20.2 Å². The fourth-order valence-electron chi connectivity index (χ4n) is 2.01. The highest BCUT2D eigenvalue weighted by Crippen LogP contribution is 2.29. The smallest absolute Gasteiger partial charge is 0.354 e. The molecule has 27 heavy (non-hydrogen) atoms. The molecule has 0 aliphatic heterocycles. The summed E-state index contributed by atoms with van der Waals surface area (Å²) >= 11 is 0. The first-order chi connectivity index (χ1) is 12.8. The van der Waals surface area contributed by atoms with Gasteiger partial charge in [-0.2, -0.15) is 0 Å². The lowest BCUT2D eigenvalue weighted by Gasteiger charge is -2.14. The normalized spacial score (nSPS) is 11.3. The van der Waals surface area contributed by atoms with E-state index in [2.05, 4.69) is 26.1 Å². The fraction of sp³-hybridized carbons (Fsp3) is 0.267. The Balaban J connectivity index is 2.16. The van der Waals surface area contributed by atoms with E-state index in [0.717, 1.165) is 12.7 Å². The number of aromatic nitrogens is 2. The molecule has 0 saturated heterocycles. The van der Waals surface area contributed by atoms with Crippen LogP contribution in [0.15, 0.2) is 30.6 Å². The van der Waals surface area contributed by atoms with Crippen molar-refractivity contribution in [1.82, 2.24) is 15.4 Å². The number of hydrogen-bond donors (Lipinski definition) is 3. The Hall–Kier alpha value is -3.83. The van der Waals surface area contributed by atoms with E-state index < -0.39 is 21.4 Å². The van der Waals surface area contributed by atoms with Crippen LogP contribution < -0.4 is 16.2 Å². The van der Waals surface area contributed by atoms with Crippen molar-refractivity contribution in [3.05, 3.63) is 56.4 Å². The molecule has 0 saturated carbocycles. The van der Waals surface area contributed by atoms with Gasteiger partial charge >= 0.3 is 5.69 Å². The second-order valence-electron chi connectivity index (χ2n) is 5.51. The van der Waals surface area contributed by atoms with Crippen LogP contribution in [-0.2, 0) is 0 Å². The molecule has 1 heterocycles. The third-order valence-electron chi connectivity index (χ3n) is 3.64. The van der Waals surface area contributed by atoms with Crippen molar-refractivity contribution in [2.45, 2.75) is 26.3 Å². The third kappa shape index (κ3) is 4.84. The Morgan fingerprint density at radius 1 is 1.11 bits per heavy atom. The van der Waals surface area contributed by atoms with Gasteiger partial charge in [0.25, 0.3) is 11.6 Å². The SMILES string of the molecule is CCC(C)Nc1ncnc(NNC(=O)c2ccc([N+](=O)[O-])cc2)c1[N+](=O)[O-]. The van der Waals surface area contributed by atoms with Crippen LogP contribution in [0.25, 0.3) is 0 Å². The average Bonchev–Trinajstić information content (AvgIpc) is 2.65. The standard InChI is InChI=1S/C15H17N7O5/c1-3-9(2)18-13-12(22(26)27)14(17-8-16-13)19-20-15(23)10-4-6-11(7-5-10)21(24)25/h4-9H,3H2,1-2H3,(H,20,23)(H2,16,17,18,19). The van der Waals surface area contributed by atoms with Gasteiger partial charge in [-0.15, -0.1) is 0 Å². The van der Waals surface area contributed by atoms with Crippen molar-refractivity contribution in [2.75, 3.05) is 10.7 Å². The molecule has 1 amide bonds. The monoisotopic (exact) mass is 375 g/mol. The van der Waals surface area contributed by atoms with Gasteiger partial charge in [0.05, 0.1) is 9.85 Å². The summed E-state index contributed by atoms with van der Waals surface area (Å²) in [7, 11) is 0. The summed E-state index contributed by atoms with van der Waals surface area (Å²) in [5.74, 6) is -0.818. The van der Waals surface area contributed by atoms with Gasteiger partial charge in [0.15, 0.2) is 0 Å². The molecule has 0 spiro atoms. The zero-order valence-electron chi connectivity index (χ0n) is 14.5. The van der Waals surface area contributed by atoms with Crippen LogP contribution >= 0.6 is 0 Å². The van der Waals surface area contributed by atoms with Crippen molar-refractivity contribution in [1.29, 1.82) is 0 Å². The number of rotatable bonds is 8. The van der Waals surface area contributed by atoms with E-state index in [1.807, 2.05) is 13.8 Å². The number of hydrazine groups is 1. The van der Waals surface area contributed by atoms with E-state index in [1.165, 1.54) is 24.3 Å². The molecule has 0 aliphatic rings. The number of amides is 1. The Kier molecular flexibility index (Phi) is 6.14. The third-order valence-corrected chi connectivity index (χ3v) is 3.64. The van der Waals surface area contributed by atoms with Gasteiger partial charge < -0.3 is 5.32 Å². The zero-order chi connectivity index (χ0) is 20.0. The number of nitro benzene ring substituents is 1. The Bertz CT molecular complexity index is 856. The number of non-ortho nitro benzene ring substituents is 1. The van der Waals surface area contributed by atoms with Gasteiger partial charge in [0.1, 0.15) is 6.33 Å². The predicted molar refractivity (Wildman–Crippen MR) is 96.2 cm³/mol. The molecule has 3 N–H and O–H groups in total. The Morgan fingerprint density at radius 2 is 1.74 bits per heavy atom. The summed E-state index contributed by atoms with van der Waals surface area (Å²) in [6, 6.07) is 4.83. The van der Waals surface area contributed by atoms with Gasteiger partial charge in [-0.05, 0) is 25.5 Å². The van der Waals surface area contributed by atoms with Crippen LogP contribution in [0.5, 0.6) is 0 Å². The zero-order valence-corrected chi connectivity index (χ0v) is 14.5. The minimum Gasteiger partial charge on any atom is -0.362 e. The molecule has 1 aromatic heterocycles. The number of benzene rings is 1. The van der Waals surface area contributed by atoms with E-state index in [9.17, 15) is 25.0 Å². The molecule has 1 atom stereocenters. The van der Waals surface area contributed by atoms with Crippen LogP contribution in [0.4, 0.5) is 23.0 Å². The first-order valence-electron chi connectivity index (χ1n) is 7.90. The molecule has 0 aliphatic carbocycles. The highest BCUT2D eigenvalue weighted by Gasteiger charge is 2.24. The summed E-state index contributed by atoms with van der Waals surface area (Å²) in [6.45, 7) is 3.75. The maximum atomic E-state index is 12.1. The minimum atomic E-state index is -0.662. The molecule has 1 aromatic carbocycles. The maximum absolute atomic E-state index is 12.1. The molecular weight excluding hydrogens is 358 g/mol. The molecule has 12 heteroatoms. The lowest BCUT2D eigenvalue weighted by Crippen LogP contribution is -2.30. The highest BCUT2D eigenvalue weighted by molar-refractivity contribution is 5.95. The number of nitrogens with zero attached hydrogens (tertiary/aromatic N) is 4. The van der Waals surface area contributed by atoms with Gasteiger partial charge in [-0.1, -0.05) is 6.92 Å². The summed E-state index contributed by atoms with van der Waals surface area (Å²) in [5, 5.41) is 24.9. The number of nitro groups is 2. The molecule has 142 valence electrons. The van der Waals surface area contributed by atoms with Crippen molar-refractivity contribution in [3.63, 3.8) is 0 Å². The fourth-order valence-corrected chi connectivity index (χ4v) is 2.01. The van der Waals surface area contributed by atoms with E-state index in [-0.39, 0.29) is 28.9 Å². The molecular formula is C15H17N7O5. The van der Waals surface area contributed by atoms with Crippen LogP contribution in [0.2, 0.25) is 0 Å². The number of anilines is 2. The van der Waals surface area contributed by atoms with E-state index in [1.54, 1.807) is 0 Å². The molecule has 12 nitrogen and oxygen atoms in total. The number of nitrogens with one attached hydrogen (secondary N) is 3. The first-order valence-corrected chi connectivity index (χ1v) is 7.90. The van der Waals surface area contributed by atoms with Crippen molar-refractivity contribution >= 4 is 28.9 Å². The quantitative estimate of drug-likeness (QED) is 0.463. The molecule has 1 unspecified atom stereocenters. The van der Waals surface area contributed by atoms with E-state index >= 15 is 0 Å². The molecule has 0 radical (unpaired) electrons. The molecule has 2 aromatic rings.